The summed E-state index contributed by atoms with van der Waals surface area (Å²) in [5.74, 6) is -0.430. The zero-order valence-corrected chi connectivity index (χ0v) is 17.1. The van der Waals surface area contributed by atoms with E-state index in [1.807, 2.05) is 0 Å². The Bertz CT molecular complexity index is 822. The number of likely N-dealkylation sites (tertiary alicyclic amines) is 1. The van der Waals surface area contributed by atoms with Gasteiger partial charge in [0.25, 0.3) is 5.91 Å². The molecule has 28 heavy (non-hydrogen) atoms. The fourth-order valence-electron chi connectivity index (χ4n) is 4.02. The number of piperidine rings is 1. The zero-order chi connectivity index (χ0) is 20.4. The number of carbonyl (C=O) groups is 1. The van der Waals surface area contributed by atoms with Crippen LogP contribution in [0.1, 0.15) is 36.0 Å². The van der Waals surface area contributed by atoms with Gasteiger partial charge in [-0.15, -0.1) is 0 Å². The first-order valence-corrected chi connectivity index (χ1v) is 11.3. The second-order valence-corrected chi connectivity index (χ2v) is 9.49. The molecule has 0 aromatic heterocycles. The summed E-state index contributed by atoms with van der Waals surface area (Å²) in [7, 11) is -1.83. The molecule has 9 heteroatoms. The van der Waals surface area contributed by atoms with E-state index >= 15 is 0 Å². The molecule has 3 rings (SSSR count). The second-order valence-electron chi connectivity index (χ2n) is 7.65. The lowest BCUT2D eigenvalue weighted by Crippen LogP contribution is -2.51. The smallest absolute Gasteiger partial charge is 0.253 e. The number of ether oxygens (including phenoxy) is 2. The average Bonchev–Trinajstić information content (AvgIpc) is 2.66. The SMILES string of the molecule is COc1ccc(C(=O)N2CCC3(CC2)CC(CNS(C)(=O)=O)CCO3)cc1F. The highest BCUT2D eigenvalue weighted by atomic mass is 32.2. The van der Waals surface area contributed by atoms with Crippen LogP contribution in [0.25, 0.3) is 0 Å². The van der Waals surface area contributed by atoms with Crippen LogP contribution in [0.2, 0.25) is 0 Å². The number of nitrogens with zero attached hydrogens (tertiary/aromatic N) is 1. The summed E-state index contributed by atoms with van der Waals surface area (Å²) in [5.41, 5.74) is -0.0154. The van der Waals surface area contributed by atoms with Crippen LogP contribution in [-0.2, 0) is 14.8 Å². The van der Waals surface area contributed by atoms with Crippen LogP contribution in [0.15, 0.2) is 18.2 Å². The third kappa shape index (κ3) is 5.01. The molecule has 2 fully saturated rings. The lowest BCUT2D eigenvalue weighted by Gasteiger charge is -2.46. The lowest BCUT2D eigenvalue weighted by atomic mass is 9.79. The van der Waals surface area contributed by atoms with Crippen molar-refractivity contribution in [2.24, 2.45) is 5.92 Å². The van der Waals surface area contributed by atoms with Gasteiger partial charge >= 0.3 is 0 Å². The molecule has 2 aliphatic heterocycles. The number of benzene rings is 1. The van der Waals surface area contributed by atoms with E-state index in [0.29, 0.717) is 44.6 Å². The van der Waals surface area contributed by atoms with E-state index in [2.05, 4.69) is 4.72 Å². The molecule has 1 amide bonds. The number of halogens is 1. The maximum absolute atomic E-state index is 13.9. The standard InChI is InChI=1S/C19H27FN2O5S/c1-26-17-4-3-15(11-16(17)20)18(23)22-8-6-19(7-9-22)12-14(5-10-27-19)13-21-28(2,24)25/h3-4,11,14,21H,5-10,12-13H2,1-2H3. The minimum atomic E-state index is -3.21. The van der Waals surface area contributed by atoms with Crippen molar-refractivity contribution < 1.29 is 27.1 Å². The van der Waals surface area contributed by atoms with Crippen LogP contribution in [0.4, 0.5) is 4.39 Å². The maximum atomic E-state index is 13.9. The number of hydrogen-bond donors (Lipinski definition) is 1. The van der Waals surface area contributed by atoms with Gasteiger partial charge in [-0.05, 0) is 49.8 Å². The number of amides is 1. The van der Waals surface area contributed by atoms with Crippen molar-refractivity contribution in [3.05, 3.63) is 29.6 Å². The summed E-state index contributed by atoms with van der Waals surface area (Å²) in [6.45, 7) is 2.06. The van der Waals surface area contributed by atoms with E-state index in [1.54, 1.807) is 11.0 Å². The Hall–Kier alpha value is -1.71. The molecule has 7 nitrogen and oxygen atoms in total. The predicted octanol–water partition coefficient (Wildman–Crippen LogP) is 1.78. The van der Waals surface area contributed by atoms with Crippen LogP contribution in [0.5, 0.6) is 5.75 Å². The van der Waals surface area contributed by atoms with Gasteiger partial charge in [-0.3, -0.25) is 4.79 Å². The molecule has 1 aromatic carbocycles. The summed E-state index contributed by atoms with van der Waals surface area (Å²) in [6, 6.07) is 4.23. The number of carbonyl (C=O) groups excluding carboxylic acids is 1. The Morgan fingerprint density at radius 1 is 1.39 bits per heavy atom. The Morgan fingerprint density at radius 3 is 2.71 bits per heavy atom. The quantitative estimate of drug-likeness (QED) is 0.794. The first-order chi connectivity index (χ1) is 13.2. The van der Waals surface area contributed by atoms with Gasteiger partial charge in [-0.1, -0.05) is 0 Å². The molecule has 0 radical (unpaired) electrons. The first kappa shape index (κ1) is 21.0. The topological polar surface area (TPSA) is 84.9 Å². The number of nitrogens with one attached hydrogen (secondary N) is 1. The van der Waals surface area contributed by atoms with Crippen molar-refractivity contribution >= 4 is 15.9 Å². The van der Waals surface area contributed by atoms with E-state index < -0.39 is 15.8 Å². The lowest BCUT2D eigenvalue weighted by molar-refractivity contribution is -0.122. The van der Waals surface area contributed by atoms with Crippen molar-refractivity contribution in [2.75, 3.05) is 39.6 Å². The number of hydrogen-bond acceptors (Lipinski definition) is 5. The molecule has 2 aliphatic rings. The minimum absolute atomic E-state index is 0.110. The highest BCUT2D eigenvalue weighted by Crippen LogP contribution is 2.37. The van der Waals surface area contributed by atoms with Crippen molar-refractivity contribution in [1.29, 1.82) is 0 Å². The molecule has 1 unspecified atom stereocenters. The van der Waals surface area contributed by atoms with Crippen molar-refractivity contribution in [3.8, 4) is 5.75 Å². The van der Waals surface area contributed by atoms with E-state index in [-0.39, 0.29) is 23.2 Å². The van der Waals surface area contributed by atoms with Crippen molar-refractivity contribution in [1.82, 2.24) is 9.62 Å². The van der Waals surface area contributed by atoms with E-state index in [4.69, 9.17) is 9.47 Å². The first-order valence-electron chi connectivity index (χ1n) is 9.43. The van der Waals surface area contributed by atoms with Crippen LogP contribution in [0.3, 0.4) is 0 Å². The Morgan fingerprint density at radius 2 is 2.11 bits per heavy atom. The highest BCUT2D eigenvalue weighted by molar-refractivity contribution is 7.88. The predicted molar refractivity (Wildman–Crippen MR) is 102 cm³/mol. The molecule has 1 aromatic rings. The fraction of sp³-hybridized carbons (Fsp3) is 0.632. The molecule has 2 saturated heterocycles. The average molecular weight is 414 g/mol. The monoisotopic (exact) mass is 414 g/mol. The molecular weight excluding hydrogens is 387 g/mol. The van der Waals surface area contributed by atoms with Gasteiger partial charge in [0.15, 0.2) is 11.6 Å². The van der Waals surface area contributed by atoms with Gasteiger partial charge in [-0.2, -0.15) is 0 Å². The summed E-state index contributed by atoms with van der Waals surface area (Å²) >= 11 is 0. The summed E-state index contributed by atoms with van der Waals surface area (Å²) in [4.78, 5) is 14.4. The Labute approximate surface area is 165 Å². The van der Waals surface area contributed by atoms with E-state index in [1.165, 1.54) is 19.2 Å². The van der Waals surface area contributed by atoms with E-state index in [0.717, 1.165) is 19.1 Å². The minimum Gasteiger partial charge on any atom is -0.494 e. The summed E-state index contributed by atoms with van der Waals surface area (Å²) < 4.78 is 50.1. The number of sulfonamides is 1. The van der Waals surface area contributed by atoms with Gasteiger partial charge < -0.3 is 14.4 Å². The molecular formula is C19H27FN2O5S. The summed E-state index contributed by atoms with van der Waals surface area (Å²) in [5, 5.41) is 0. The normalized spacial score (nSPS) is 22.2. The highest BCUT2D eigenvalue weighted by Gasteiger charge is 2.41. The van der Waals surface area contributed by atoms with Gasteiger partial charge in [0.1, 0.15) is 0 Å². The van der Waals surface area contributed by atoms with Gasteiger partial charge in [0.05, 0.1) is 19.0 Å². The molecule has 1 spiro atoms. The van der Waals surface area contributed by atoms with Gasteiger partial charge in [0.2, 0.25) is 10.0 Å². The van der Waals surface area contributed by atoms with Gasteiger partial charge in [0, 0.05) is 31.8 Å². The molecule has 0 bridgehead atoms. The van der Waals surface area contributed by atoms with Crippen LogP contribution in [-0.4, -0.2) is 64.4 Å². The van der Waals surface area contributed by atoms with Gasteiger partial charge in [-0.25, -0.2) is 17.5 Å². The third-order valence-electron chi connectivity index (χ3n) is 5.59. The fourth-order valence-corrected chi connectivity index (χ4v) is 4.56. The Kier molecular flexibility index (Phi) is 6.26. The van der Waals surface area contributed by atoms with Crippen molar-refractivity contribution in [2.45, 2.75) is 31.3 Å². The third-order valence-corrected chi connectivity index (χ3v) is 6.28. The summed E-state index contributed by atoms with van der Waals surface area (Å²) in [6.07, 6.45) is 4.13. The number of methoxy groups -OCH3 is 1. The largest absolute Gasteiger partial charge is 0.494 e. The zero-order valence-electron chi connectivity index (χ0n) is 16.2. The molecule has 156 valence electrons. The second kappa shape index (κ2) is 8.34. The maximum Gasteiger partial charge on any atom is 0.253 e. The molecule has 1 atom stereocenters. The van der Waals surface area contributed by atoms with Crippen LogP contribution < -0.4 is 9.46 Å². The van der Waals surface area contributed by atoms with Crippen LogP contribution >= 0.6 is 0 Å². The molecule has 1 N–H and O–H groups in total. The molecule has 2 heterocycles. The molecule has 0 aliphatic carbocycles. The number of rotatable bonds is 5. The van der Waals surface area contributed by atoms with Crippen LogP contribution in [0, 0.1) is 11.7 Å². The van der Waals surface area contributed by atoms with Crippen molar-refractivity contribution in [3.63, 3.8) is 0 Å². The molecule has 0 saturated carbocycles. The Balaban J connectivity index is 1.58. The van der Waals surface area contributed by atoms with E-state index in [9.17, 15) is 17.6 Å².